The summed E-state index contributed by atoms with van der Waals surface area (Å²) in [6.07, 6.45) is 0. The summed E-state index contributed by atoms with van der Waals surface area (Å²) in [5, 5.41) is 5.02. The maximum absolute atomic E-state index is 6.53. The Hall–Kier alpha value is -2.31. The van der Waals surface area contributed by atoms with Crippen molar-refractivity contribution < 1.29 is 14.2 Å². The van der Waals surface area contributed by atoms with Crippen LogP contribution in [0.5, 0.6) is 11.5 Å². The van der Waals surface area contributed by atoms with Crippen LogP contribution < -0.4 is 19.7 Å². The van der Waals surface area contributed by atoms with Crippen LogP contribution in [-0.4, -0.2) is 33.4 Å². The van der Waals surface area contributed by atoms with Gasteiger partial charge in [0.15, 0.2) is 11.5 Å². The SMILES string of the molecule is COc1cc(CNc2ccc(N3CCOCC3)cc2)cc(Cl)c1OCc1ccc(Cl)cc1Cl. The third-order valence-electron chi connectivity index (χ3n) is 5.42. The first-order chi connectivity index (χ1) is 16.0. The number of morpholine rings is 1. The zero-order valence-electron chi connectivity index (χ0n) is 18.2. The van der Waals surface area contributed by atoms with E-state index in [0.29, 0.717) is 33.1 Å². The first-order valence-corrected chi connectivity index (χ1v) is 11.8. The lowest BCUT2D eigenvalue weighted by Gasteiger charge is -2.29. The van der Waals surface area contributed by atoms with Crippen LogP contribution in [0.3, 0.4) is 0 Å². The van der Waals surface area contributed by atoms with Crippen molar-refractivity contribution in [2.75, 3.05) is 43.6 Å². The van der Waals surface area contributed by atoms with Crippen LogP contribution in [0.4, 0.5) is 11.4 Å². The summed E-state index contributed by atoms with van der Waals surface area (Å²) in [4.78, 5) is 2.33. The second-order valence-corrected chi connectivity index (χ2v) is 8.88. The molecule has 3 aromatic rings. The van der Waals surface area contributed by atoms with Crippen LogP contribution in [0.1, 0.15) is 11.1 Å². The second-order valence-electron chi connectivity index (χ2n) is 7.63. The van der Waals surface area contributed by atoms with Crippen molar-refractivity contribution in [3.63, 3.8) is 0 Å². The van der Waals surface area contributed by atoms with Gasteiger partial charge in [0, 0.05) is 46.6 Å². The molecule has 1 fully saturated rings. The van der Waals surface area contributed by atoms with Crippen molar-refractivity contribution in [3.05, 3.63) is 80.8 Å². The number of methoxy groups -OCH3 is 1. The number of benzene rings is 3. The van der Waals surface area contributed by atoms with E-state index in [4.69, 9.17) is 49.0 Å². The summed E-state index contributed by atoms with van der Waals surface area (Å²) in [6, 6.07) is 17.5. The van der Waals surface area contributed by atoms with Gasteiger partial charge in [-0.1, -0.05) is 40.9 Å². The largest absolute Gasteiger partial charge is 0.493 e. The summed E-state index contributed by atoms with van der Waals surface area (Å²) >= 11 is 18.7. The minimum Gasteiger partial charge on any atom is -0.493 e. The van der Waals surface area contributed by atoms with Crippen LogP contribution >= 0.6 is 34.8 Å². The average Bonchev–Trinajstić information content (AvgIpc) is 2.83. The van der Waals surface area contributed by atoms with E-state index in [1.54, 1.807) is 19.2 Å². The van der Waals surface area contributed by atoms with Gasteiger partial charge < -0.3 is 24.4 Å². The van der Waals surface area contributed by atoms with E-state index < -0.39 is 0 Å². The molecule has 3 aromatic carbocycles. The number of hydrogen-bond acceptors (Lipinski definition) is 5. The molecule has 8 heteroatoms. The fourth-order valence-electron chi connectivity index (χ4n) is 3.62. The summed E-state index contributed by atoms with van der Waals surface area (Å²) in [5.74, 6) is 1.04. The Morgan fingerprint density at radius 1 is 0.939 bits per heavy atom. The Morgan fingerprint density at radius 2 is 1.70 bits per heavy atom. The highest BCUT2D eigenvalue weighted by Gasteiger charge is 2.14. The maximum Gasteiger partial charge on any atom is 0.180 e. The molecule has 0 spiro atoms. The topological polar surface area (TPSA) is 43.0 Å². The number of hydrogen-bond donors (Lipinski definition) is 1. The Labute approximate surface area is 209 Å². The fourth-order valence-corrected chi connectivity index (χ4v) is 4.37. The average molecular weight is 508 g/mol. The quantitative estimate of drug-likeness (QED) is 0.368. The van der Waals surface area contributed by atoms with E-state index in [9.17, 15) is 0 Å². The molecule has 1 aliphatic rings. The minimum absolute atomic E-state index is 0.249. The lowest BCUT2D eigenvalue weighted by Crippen LogP contribution is -2.36. The van der Waals surface area contributed by atoms with E-state index in [-0.39, 0.29) is 6.61 Å². The molecule has 0 radical (unpaired) electrons. The molecule has 0 aromatic heterocycles. The van der Waals surface area contributed by atoms with Crippen molar-refractivity contribution in [2.24, 2.45) is 0 Å². The first-order valence-electron chi connectivity index (χ1n) is 10.6. The number of anilines is 2. The van der Waals surface area contributed by atoms with Crippen molar-refractivity contribution in [1.82, 2.24) is 0 Å². The standard InChI is InChI=1S/C25H25Cl3N2O3/c1-31-24-13-17(12-23(28)25(24)33-16-18-2-3-19(26)14-22(18)27)15-29-20-4-6-21(7-5-20)30-8-10-32-11-9-30/h2-7,12-14,29H,8-11,15-16H2,1H3. The van der Waals surface area contributed by atoms with Crippen molar-refractivity contribution >= 4 is 46.2 Å². The molecule has 0 atom stereocenters. The lowest BCUT2D eigenvalue weighted by molar-refractivity contribution is 0.122. The number of halogens is 3. The molecule has 0 bridgehead atoms. The van der Waals surface area contributed by atoms with Gasteiger partial charge in [0.25, 0.3) is 0 Å². The minimum atomic E-state index is 0.249. The summed E-state index contributed by atoms with van der Waals surface area (Å²) in [7, 11) is 1.59. The molecule has 1 aliphatic heterocycles. The second kappa shape index (κ2) is 11.2. The van der Waals surface area contributed by atoms with Crippen molar-refractivity contribution in [1.29, 1.82) is 0 Å². The van der Waals surface area contributed by atoms with Gasteiger partial charge in [-0.3, -0.25) is 0 Å². The monoisotopic (exact) mass is 506 g/mol. The van der Waals surface area contributed by atoms with Gasteiger partial charge in [0.2, 0.25) is 0 Å². The number of nitrogens with one attached hydrogen (secondary N) is 1. The van der Waals surface area contributed by atoms with E-state index in [1.165, 1.54) is 5.69 Å². The van der Waals surface area contributed by atoms with Crippen molar-refractivity contribution in [3.8, 4) is 11.5 Å². The Kier molecular flexibility index (Phi) is 8.10. The third kappa shape index (κ3) is 6.18. The van der Waals surface area contributed by atoms with Crippen molar-refractivity contribution in [2.45, 2.75) is 13.2 Å². The molecule has 5 nitrogen and oxygen atoms in total. The van der Waals surface area contributed by atoms with Gasteiger partial charge in [-0.2, -0.15) is 0 Å². The highest BCUT2D eigenvalue weighted by Crippen LogP contribution is 2.37. The molecule has 33 heavy (non-hydrogen) atoms. The van der Waals surface area contributed by atoms with Gasteiger partial charge in [-0.25, -0.2) is 0 Å². The van der Waals surface area contributed by atoms with Crippen LogP contribution in [0.15, 0.2) is 54.6 Å². The third-order valence-corrected chi connectivity index (χ3v) is 6.28. The smallest absolute Gasteiger partial charge is 0.180 e. The maximum atomic E-state index is 6.53. The molecule has 1 heterocycles. The lowest BCUT2D eigenvalue weighted by atomic mass is 10.2. The molecule has 0 aliphatic carbocycles. The van der Waals surface area contributed by atoms with Gasteiger partial charge in [0.05, 0.1) is 25.3 Å². The molecular formula is C25H25Cl3N2O3. The van der Waals surface area contributed by atoms with Gasteiger partial charge in [0.1, 0.15) is 6.61 Å². The zero-order chi connectivity index (χ0) is 23.2. The van der Waals surface area contributed by atoms with Crippen LogP contribution in [0, 0.1) is 0 Å². The molecule has 0 saturated carbocycles. The molecule has 1 saturated heterocycles. The van der Waals surface area contributed by atoms with E-state index in [1.807, 2.05) is 18.2 Å². The van der Waals surface area contributed by atoms with E-state index in [2.05, 4.69) is 34.5 Å². The normalized spacial score (nSPS) is 13.6. The molecule has 4 rings (SSSR count). The number of nitrogens with zero attached hydrogens (tertiary/aromatic N) is 1. The van der Waals surface area contributed by atoms with Crippen LogP contribution in [0.25, 0.3) is 0 Å². The molecule has 0 amide bonds. The highest BCUT2D eigenvalue weighted by atomic mass is 35.5. The zero-order valence-corrected chi connectivity index (χ0v) is 20.5. The Morgan fingerprint density at radius 3 is 2.39 bits per heavy atom. The predicted molar refractivity (Wildman–Crippen MR) is 136 cm³/mol. The predicted octanol–water partition coefficient (Wildman–Crippen LogP) is 6.68. The molecule has 1 N–H and O–H groups in total. The van der Waals surface area contributed by atoms with E-state index >= 15 is 0 Å². The van der Waals surface area contributed by atoms with Crippen LogP contribution in [-0.2, 0) is 17.9 Å². The molecule has 174 valence electrons. The van der Waals surface area contributed by atoms with Gasteiger partial charge in [-0.05, 0) is 54.1 Å². The fraction of sp³-hybridized carbons (Fsp3) is 0.280. The first kappa shape index (κ1) is 23.8. The molecular weight excluding hydrogens is 483 g/mol. The van der Waals surface area contributed by atoms with Gasteiger partial charge >= 0.3 is 0 Å². The van der Waals surface area contributed by atoms with Gasteiger partial charge in [-0.15, -0.1) is 0 Å². The Bertz CT molecular complexity index is 1090. The summed E-state index contributed by atoms with van der Waals surface area (Å²) in [6.45, 7) is 4.23. The van der Waals surface area contributed by atoms with E-state index in [0.717, 1.165) is 43.1 Å². The van der Waals surface area contributed by atoms with Crippen LogP contribution in [0.2, 0.25) is 15.1 Å². The highest BCUT2D eigenvalue weighted by molar-refractivity contribution is 6.35. The number of rotatable bonds is 8. The number of ether oxygens (including phenoxy) is 3. The Balaban J connectivity index is 1.39. The summed E-state index contributed by atoms with van der Waals surface area (Å²) < 4.78 is 16.9. The molecule has 0 unspecified atom stereocenters. The summed E-state index contributed by atoms with van der Waals surface area (Å²) in [5.41, 5.74) is 4.02.